The lowest BCUT2D eigenvalue weighted by molar-refractivity contribution is -0.132. The highest BCUT2D eigenvalue weighted by atomic mass is 16.5. The molecule has 9 nitrogen and oxygen atoms in total. The average Bonchev–Trinajstić information content (AvgIpc) is 3.56. The quantitative estimate of drug-likeness (QED) is 0.273. The van der Waals surface area contributed by atoms with E-state index in [9.17, 15) is 14.7 Å². The van der Waals surface area contributed by atoms with Crippen molar-refractivity contribution in [3.63, 3.8) is 0 Å². The number of ketones is 1. The molecule has 0 radical (unpaired) electrons. The number of carbonyl (C=O) groups is 2. The predicted octanol–water partition coefficient (Wildman–Crippen LogP) is 3.80. The number of H-pyrrole nitrogens is 1. The highest BCUT2D eigenvalue weighted by molar-refractivity contribution is 6.51. The number of benzene rings is 2. The molecule has 1 aliphatic rings. The van der Waals surface area contributed by atoms with E-state index in [1.165, 1.54) is 25.4 Å². The molecule has 1 unspecified atom stereocenters. The van der Waals surface area contributed by atoms with Gasteiger partial charge in [-0.1, -0.05) is 12.1 Å². The minimum Gasteiger partial charge on any atom is -0.507 e. The minimum atomic E-state index is -1.03. The van der Waals surface area contributed by atoms with Crippen LogP contribution in [0.5, 0.6) is 11.5 Å². The lowest BCUT2D eigenvalue weighted by Gasteiger charge is -2.21. The molecule has 2 aromatic heterocycles. The first-order valence-electron chi connectivity index (χ1n) is 10.0. The zero-order valence-corrected chi connectivity index (χ0v) is 17.7. The summed E-state index contributed by atoms with van der Waals surface area (Å²) in [5, 5.41) is 11.2. The molecule has 1 saturated heterocycles. The summed E-state index contributed by atoms with van der Waals surface area (Å²) in [6.45, 7) is 0. The van der Waals surface area contributed by atoms with Crippen molar-refractivity contribution in [2.24, 2.45) is 0 Å². The van der Waals surface area contributed by atoms with Crippen LogP contribution in [0.2, 0.25) is 0 Å². The largest absolute Gasteiger partial charge is 0.507 e. The van der Waals surface area contributed by atoms with Crippen LogP contribution in [0.1, 0.15) is 17.4 Å². The first-order chi connectivity index (χ1) is 16.0. The van der Waals surface area contributed by atoms with Crippen molar-refractivity contribution in [2.75, 3.05) is 19.1 Å². The third kappa shape index (κ3) is 3.21. The number of para-hydroxylation sites is 2. The molecule has 0 saturated carbocycles. The smallest absolute Gasteiger partial charge is 0.302 e. The van der Waals surface area contributed by atoms with Gasteiger partial charge in [0.1, 0.15) is 29.1 Å². The second-order valence-corrected chi connectivity index (χ2v) is 7.33. The maximum Gasteiger partial charge on any atom is 0.302 e. The standard InChI is InChI=1S/C24H19N3O6/c1-31-13-9-10-14(18(12-13)32-2)21(28)19-20(17-8-5-11-33-17)27(23(30)22(19)29)24-25-15-6-3-4-7-16(15)26-24/h3-12,20,28H,1-2H3,(H,25,26)/b21-19+. The molecule has 3 heterocycles. The van der Waals surface area contributed by atoms with Crippen LogP contribution in [0.4, 0.5) is 5.95 Å². The number of nitrogens with one attached hydrogen (secondary N) is 1. The fourth-order valence-electron chi connectivity index (χ4n) is 3.96. The number of aliphatic hydroxyl groups excluding tert-OH is 1. The summed E-state index contributed by atoms with van der Waals surface area (Å²) in [4.78, 5) is 35.1. The minimum absolute atomic E-state index is 0.140. The number of amides is 1. The number of aromatic amines is 1. The molecule has 0 bridgehead atoms. The summed E-state index contributed by atoms with van der Waals surface area (Å²) >= 11 is 0. The Labute approximate surface area is 187 Å². The van der Waals surface area contributed by atoms with Gasteiger partial charge in [-0.3, -0.25) is 14.5 Å². The summed E-state index contributed by atoms with van der Waals surface area (Å²) in [6.07, 6.45) is 1.43. The fourth-order valence-corrected chi connectivity index (χ4v) is 3.96. The van der Waals surface area contributed by atoms with E-state index in [0.717, 1.165) is 0 Å². The number of carbonyl (C=O) groups excluding carboxylic acids is 2. The molecular formula is C24H19N3O6. The maximum atomic E-state index is 13.2. The number of methoxy groups -OCH3 is 2. The van der Waals surface area contributed by atoms with Gasteiger partial charge in [-0.25, -0.2) is 4.98 Å². The number of rotatable bonds is 5. The third-order valence-corrected chi connectivity index (χ3v) is 5.53. The van der Waals surface area contributed by atoms with E-state index in [4.69, 9.17) is 13.9 Å². The van der Waals surface area contributed by atoms with E-state index in [-0.39, 0.29) is 22.8 Å². The molecule has 0 aliphatic carbocycles. The maximum absolute atomic E-state index is 13.2. The summed E-state index contributed by atoms with van der Waals surface area (Å²) in [5.41, 5.74) is 1.42. The molecular weight excluding hydrogens is 426 g/mol. The number of ether oxygens (including phenoxy) is 2. The molecule has 0 spiro atoms. The van der Waals surface area contributed by atoms with Crippen LogP contribution in [-0.2, 0) is 9.59 Å². The zero-order valence-electron chi connectivity index (χ0n) is 17.7. The number of furan rings is 1. The number of anilines is 1. The van der Waals surface area contributed by atoms with Gasteiger partial charge in [0.25, 0.3) is 5.78 Å². The summed E-state index contributed by atoms with van der Waals surface area (Å²) in [5.74, 6) is -0.859. The Morgan fingerprint density at radius 1 is 1.09 bits per heavy atom. The van der Waals surface area contributed by atoms with Crippen molar-refractivity contribution < 1.29 is 28.6 Å². The second kappa shape index (κ2) is 7.86. The number of aromatic nitrogens is 2. The van der Waals surface area contributed by atoms with Gasteiger partial charge in [0, 0.05) is 6.07 Å². The Kier molecular flexibility index (Phi) is 4.86. The molecule has 2 aromatic carbocycles. The number of imidazole rings is 1. The monoisotopic (exact) mass is 445 g/mol. The Hall–Kier alpha value is -4.53. The Morgan fingerprint density at radius 2 is 1.91 bits per heavy atom. The molecule has 2 N–H and O–H groups in total. The van der Waals surface area contributed by atoms with Gasteiger partial charge in [-0.15, -0.1) is 0 Å². The molecule has 1 atom stereocenters. The van der Waals surface area contributed by atoms with E-state index in [2.05, 4.69) is 9.97 Å². The summed E-state index contributed by atoms with van der Waals surface area (Å²) in [6, 6.07) is 14.2. The zero-order chi connectivity index (χ0) is 23.1. The van der Waals surface area contributed by atoms with Crippen molar-refractivity contribution in [2.45, 2.75) is 6.04 Å². The number of aliphatic hydroxyl groups is 1. The predicted molar refractivity (Wildman–Crippen MR) is 119 cm³/mol. The van der Waals surface area contributed by atoms with Crippen molar-refractivity contribution >= 4 is 34.4 Å². The first-order valence-corrected chi connectivity index (χ1v) is 10.0. The normalized spacial score (nSPS) is 17.6. The number of hydrogen-bond donors (Lipinski definition) is 2. The van der Waals surface area contributed by atoms with Crippen molar-refractivity contribution in [3.05, 3.63) is 77.8 Å². The second-order valence-electron chi connectivity index (χ2n) is 7.33. The average molecular weight is 445 g/mol. The Balaban J connectivity index is 1.72. The van der Waals surface area contributed by atoms with E-state index < -0.39 is 23.5 Å². The SMILES string of the molecule is COc1ccc(/C(O)=C2\C(=O)C(=O)N(c3nc4ccccc4[nH]3)C2c2ccco2)c(OC)c1. The van der Waals surface area contributed by atoms with E-state index in [1.807, 2.05) is 18.2 Å². The van der Waals surface area contributed by atoms with Crippen LogP contribution >= 0.6 is 0 Å². The lowest BCUT2D eigenvalue weighted by atomic mass is 9.98. The molecule has 1 fully saturated rings. The van der Waals surface area contributed by atoms with Gasteiger partial charge in [-0.05, 0) is 36.4 Å². The fraction of sp³-hybridized carbons (Fsp3) is 0.125. The van der Waals surface area contributed by atoms with Crippen LogP contribution < -0.4 is 14.4 Å². The third-order valence-electron chi connectivity index (χ3n) is 5.53. The Morgan fingerprint density at radius 3 is 2.61 bits per heavy atom. The molecule has 5 rings (SSSR count). The molecule has 4 aromatic rings. The van der Waals surface area contributed by atoms with Crippen molar-refractivity contribution in [1.29, 1.82) is 0 Å². The van der Waals surface area contributed by atoms with Crippen LogP contribution in [0.15, 0.2) is 70.9 Å². The van der Waals surface area contributed by atoms with Crippen LogP contribution in [0.25, 0.3) is 16.8 Å². The van der Waals surface area contributed by atoms with Crippen molar-refractivity contribution in [1.82, 2.24) is 9.97 Å². The summed E-state index contributed by atoms with van der Waals surface area (Å²) < 4.78 is 16.2. The molecule has 1 aliphatic heterocycles. The lowest BCUT2D eigenvalue weighted by Crippen LogP contribution is -2.30. The highest BCUT2D eigenvalue weighted by Gasteiger charge is 2.49. The van der Waals surface area contributed by atoms with Gasteiger partial charge in [0.15, 0.2) is 0 Å². The number of hydrogen-bond acceptors (Lipinski definition) is 7. The molecule has 9 heteroatoms. The van der Waals surface area contributed by atoms with Gasteiger partial charge in [0.05, 0.1) is 42.7 Å². The first kappa shape index (κ1) is 20.4. The van der Waals surface area contributed by atoms with Crippen molar-refractivity contribution in [3.8, 4) is 11.5 Å². The number of nitrogens with zero attached hydrogens (tertiary/aromatic N) is 2. The topological polar surface area (TPSA) is 118 Å². The highest BCUT2D eigenvalue weighted by Crippen LogP contribution is 2.43. The van der Waals surface area contributed by atoms with Gasteiger partial charge >= 0.3 is 5.91 Å². The Bertz CT molecular complexity index is 1370. The van der Waals surface area contributed by atoms with E-state index in [1.54, 1.807) is 36.4 Å². The van der Waals surface area contributed by atoms with E-state index >= 15 is 0 Å². The van der Waals surface area contributed by atoms with Crippen LogP contribution in [0.3, 0.4) is 0 Å². The van der Waals surface area contributed by atoms with Crippen LogP contribution in [0, 0.1) is 0 Å². The van der Waals surface area contributed by atoms with Gasteiger partial charge in [0.2, 0.25) is 5.95 Å². The van der Waals surface area contributed by atoms with Crippen LogP contribution in [-0.4, -0.2) is 41.0 Å². The van der Waals surface area contributed by atoms with E-state index in [0.29, 0.717) is 22.5 Å². The van der Waals surface area contributed by atoms with Gasteiger partial charge in [-0.2, -0.15) is 0 Å². The molecule has 166 valence electrons. The number of fused-ring (bicyclic) bond motifs is 1. The summed E-state index contributed by atoms with van der Waals surface area (Å²) in [7, 11) is 2.94. The van der Waals surface area contributed by atoms with Gasteiger partial charge < -0.3 is 24.0 Å². The molecule has 33 heavy (non-hydrogen) atoms. The molecule has 1 amide bonds. The number of Topliss-reactive ketones (excluding diaryl/α,β-unsaturated/α-hetero) is 1.